The fourth-order valence-corrected chi connectivity index (χ4v) is 2.88. The van der Waals surface area contributed by atoms with Crippen molar-refractivity contribution in [3.05, 3.63) is 90.3 Å². The maximum atomic E-state index is 12.8. The third kappa shape index (κ3) is 3.43. The fraction of sp³-hybridized carbons (Fsp3) is 0. The lowest BCUT2D eigenvalue weighted by Crippen LogP contribution is -2.00. The number of phenols is 2. The number of carbonyl (C=O) groups excluding carboxylic acids is 1. The molecule has 0 aliphatic rings. The van der Waals surface area contributed by atoms with Crippen molar-refractivity contribution in [2.75, 3.05) is 0 Å². The van der Waals surface area contributed by atoms with Gasteiger partial charge in [-0.15, -0.1) is 0 Å². The number of benzene rings is 3. The Kier molecular flexibility index (Phi) is 4.18. The second-order valence-corrected chi connectivity index (χ2v) is 6.14. The smallest absolute Gasteiger partial charge is 0.197 e. The summed E-state index contributed by atoms with van der Waals surface area (Å²) in [5.74, 6) is 0.153. The number of aromatic hydroxyl groups is 2. The minimum Gasteiger partial charge on any atom is -0.508 e. The molecule has 2 N–H and O–H groups in total. The van der Waals surface area contributed by atoms with Crippen molar-refractivity contribution in [1.82, 2.24) is 5.16 Å². The van der Waals surface area contributed by atoms with Crippen LogP contribution >= 0.6 is 0 Å². The van der Waals surface area contributed by atoms with E-state index in [1.807, 2.05) is 6.07 Å². The Morgan fingerprint density at radius 2 is 1.22 bits per heavy atom. The van der Waals surface area contributed by atoms with Crippen molar-refractivity contribution in [3.63, 3.8) is 0 Å². The summed E-state index contributed by atoms with van der Waals surface area (Å²) in [6, 6.07) is 19.1. The average Bonchev–Trinajstić information content (AvgIpc) is 3.23. The van der Waals surface area contributed by atoms with E-state index in [-0.39, 0.29) is 17.3 Å². The number of nitrogens with zero attached hydrogens (tertiary/aromatic N) is 1. The van der Waals surface area contributed by atoms with Crippen molar-refractivity contribution in [2.45, 2.75) is 0 Å². The molecule has 0 radical (unpaired) electrons. The van der Waals surface area contributed by atoms with Gasteiger partial charge in [-0.3, -0.25) is 4.79 Å². The monoisotopic (exact) mass is 357 g/mol. The van der Waals surface area contributed by atoms with Gasteiger partial charge >= 0.3 is 0 Å². The number of aromatic nitrogens is 1. The molecule has 0 saturated heterocycles. The molecule has 0 fully saturated rings. The minimum atomic E-state index is -0.197. The van der Waals surface area contributed by atoms with E-state index in [2.05, 4.69) is 5.16 Å². The van der Waals surface area contributed by atoms with E-state index in [9.17, 15) is 15.0 Å². The average molecular weight is 357 g/mol. The highest BCUT2D eigenvalue weighted by Crippen LogP contribution is 2.31. The Bertz CT molecular complexity index is 1020. The maximum Gasteiger partial charge on any atom is 0.197 e. The van der Waals surface area contributed by atoms with Crippen LogP contribution < -0.4 is 0 Å². The Labute approximate surface area is 155 Å². The van der Waals surface area contributed by atoms with E-state index in [0.717, 1.165) is 22.3 Å². The molecule has 5 heteroatoms. The molecule has 5 nitrogen and oxygen atoms in total. The van der Waals surface area contributed by atoms with Gasteiger partial charge in [0, 0.05) is 5.56 Å². The first-order valence-electron chi connectivity index (χ1n) is 8.28. The van der Waals surface area contributed by atoms with E-state index in [1.54, 1.807) is 60.7 Å². The lowest BCUT2D eigenvalue weighted by Gasteiger charge is -2.10. The molecule has 27 heavy (non-hydrogen) atoms. The topological polar surface area (TPSA) is 83.6 Å². The van der Waals surface area contributed by atoms with Crippen LogP contribution in [0.2, 0.25) is 0 Å². The molecule has 0 spiro atoms. The van der Waals surface area contributed by atoms with E-state index < -0.39 is 0 Å². The second-order valence-electron chi connectivity index (χ2n) is 6.14. The summed E-state index contributed by atoms with van der Waals surface area (Å²) >= 11 is 0. The summed E-state index contributed by atoms with van der Waals surface area (Å²) in [6.07, 6.45) is 2.70. The van der Waals surface area contributed by atoms with Gasteiger partial charge in [-0.2, -0.15) is 0 Å². The van der Waals surface area contributed by atoms with Crippen LogP contribution in [0.15, 0.2) is 83.7 Å². The van der Waals surface area contributed by atoms with Crippen LogP contribution in [0.3, 0.4) is 0 Å². The van der Waals surface area contributed by atoms with Gasteiger partial charge in [0.1, 0.15) is 17.8 Å². The molecule has 0 saturated carbocycles. The van der Waals surface area contributed by atoms with Crippen molar-refractivity contribution < 1.29 is 19.5 Å². The third-order valence-electron chi connectivity index (χ3n) is 4.29. The van der Waals surface area contributed by atoms with Gasteiger partial charge in [0.25, 0.3) is 0 Å². The van der Waals surface area contributed by atoms with Crippen molar-refractivity contribution in [2.24, 2.45) is 0 Å². The van der Waals surface area contributed by atoms with E-state index in [1.165, 1.54) is 12.5 Å². The summed E-state index contributed by atoms with van der Waals surface area (Å²) in [5.41, 5.74) is 4.27. The molecule has 4 aromatic rings. The third-order valence-corrected chi connectivity index (χ3v) is 4.29. The summed E-state index contributed by atoms with van der Waals surface area (Å²) in [5, 5.41) is 22.7. The molecule has 0 atom stereocenters. The van der Waals surface area contributed by atoms with Gasteiger partial charge in [-0.25, -0.2) is 0 Å². The number of phenolic OH excluding ortho intramolecular Hbond substituents is 2. The van der Waals surface area contributed by atoms with Gasteiger partial charge in [0.15, 0.2) is 5.78 Å². The highest BCUT2D eigenvalue weighted by Gasteiger charge is 2.15. The van der Waals surface area contributed by atoms with Gasteiger partial charge in [0.2, 0.25) is 0 Å². The lowest BCUT2D eigenvalue weighted by molar-refractivity contribution is 0.103. The summed E-state index contributed by atoms with van der Waals surface area (Å²) in [4.78, 5) is 12.8. The van der Waals surface area contributed by atoms with Crippen LogP contribution in [0.1, 0.15) is 15.9 Å². The van der Waals surface area contributed by atoms with Gasteiger partial charge in [-0.05, 0) is 64.7 Å². The van der Waals surface area contributed by atoms with Crippen LogP contribution in [0.4, 0.5) is 0 Å². The van der Waals surface area contributed by atoms with E-state index in [0.29, 0.717) is 11.1 Å². The van der Waals surface area contributed by atoms with Gasteiger partial charge in [0.05, 0.1) is 11.8 Å². The van der Waals surface area contributed by atoms with E-state index >= 15 is 0 Å². The zero-order valence-electron chi connectivity index (χ0n) is 14.2. The Morgan fingerprint density at radius 1 is 0.704 bits per heavy atom. The maximum absolute atomic E-state index is 12.8. The molecule has 0 amide bonds. The minimum absolute atomic E-state index is 0.175. The van der Waals surface area contributed by atoms with Crippen LogP contribution in [-0.2, 0) is 0 Å². The van der Waals surface area contributed by atoms with Crippen LogP contribution in [0.25, 0.3) is 22.3 Å². The molecule has 0 bridgehead atoms. The largest absolute Gasteiger partial charge is 0.508 e. The Balaban J connectivity index is 1.86. The van der Waals surface area contributed by atoms with Crippen molar-refractivity contribution >= 4 is 5.78 Å². The first kappa shape index (κ1) is 16.6. The normalized spacial score (nSPS) is 10.7. The molecular formula is C22H15NO4. The molecule has 1 heterocycles. The van der Waals surface area contributed by atoms with Crippen molar-refractivity contribution in [1.29, 1.82) is 0 Å². The number of hydrogen-bond acceptors (Lipinski definition) is 5. The molecule has 4 rings (SSSR count). The summed E-state index contributed by atoms with van der Waals surface area (Å²) in [6.45, 7) is 0. The molecule has 0 aliphatic heterocycles. The van der Waals surface area contributed by atoms with Crippen molar-refractivity contribution in [3.8, 4) is 33.8 Å². The number of hydrogen-bond donors (Lipinski definition) is 2. The lowest BCUT2D eigenvalue weighted by atomic mass is 9.93. The quantitative estimate of drug-likeness (QED) is 0.519. The van der Waals surface area contributed by atoms with Crippen LogP contribution in [0.5, 0.6) is 11.5 Å². The van der Waals surface area contributed by atoms with Gasteiger partial charge < -0.3 is 14.7 Å². The molecule has 1 aromatic heterocycles. The zero-order valence-corrected chi connectivity index (χ0v) is 14.2. The van der Waals surface area contributed by atoms with E-state index in [4.69, 9.17) is 4.52 Å². The molecular weight excluding hydrogens is 342 g/mol. The summed E-state index contributed by atoms with van der Waals surface area (Å²) < 4.78 is 4.79. The predicted octanol–water partition coefficient (Wildman–Crippen LogP) is 4.65. The first-order chi connectivity index (χ1) is 13.1. The summed E-state index contributed by atoms with van der Waals surface area (Å²) in [7, 11) is 0. The number of rotatable bonds is 4. The molecule has 0 unspecified atom stereocenters. The standard InChI is InChI=1S/C22H15NO4/c24-20-5-1-14(2-6-20)16-9-17(15-3-7-21(25)8-4-15)11-18(10-16)22(26)19-12-23-27-13-19/h1-13,24-25H. The van der Waals surface area contributed by atoms with Gasteiger partial charge in [-0.1, -0.05) is 29.4 Å². The second kappa shape index (κ2) is 6.80. The molecule has 3 aromatic carbocycles. The SMILES string of the molecule is O=C(c1cnoc1)c1cc(-c2ccc(O)cc2)cc(-c2ccc(O)cc2)c1. The molecule has 132 valence electrons. The molecule has 0 aliphatic carbocycles. The predicted molar refractivity (Wildman–Crippen MR) is 101 cm³/mol. The van der Waals surface area contributed by atoms with Crippen LogP contribution in [-0.4, -0.2) is 21.2 Å². The number of ketones is 1. The highest BCUT2D eigenvalue weighted by atomic mass is 16.5. The fourth-order valence-electron chi connectivity index (χ4n) is 2.88. The number of carbonyl (C=O) groups is 1. The first-order valence-corrected chi connectivity index (χ1v) is 8.28. The Morgan fingerprint density at radius 3 is 1.67 bits per heavy atom. The highest BCUT2D eigenvalue weighted by molar-refractivity contribution is 6.09. The Hall–Kier alpha value is -3.86. The zero-order chi connectivity index (χ0) is 18.8. The van der Waals surface area contributed by atoms with Crippen LogP contribution in [0, 0.1) is 0 Å².